The number of hydrogen-bond donors (Lipinski definition) is 1. The number of nitrogens with one attached hydrogen (secondary N) is 1. The molecule has 3 rings (SSSR count). The van der Waals surface area contributed by atoms with Gasteiger partial charge in [0.15, 0.2) is 11.8 Å². The lowest BCUT2D eigenvalue weighted by atomic mass is 9.78. The van der Waals surface area contributed by atoms with E-state index < -0.39 is 5.97 Å². The molecule has 2 aromatic rings. The third-order valence-corrected chi connectivity index (χ3v) is 5.58. The lowest BCUT2D eigenvalue weighted by Crippen LogP contribution is -2.45. The van der Waals surface area contributed by atoms with E-state index in [1.807, 2.05) is 18.2 Å². The van der Waals surface area contributed by atoms with E-state index in [1.165, 1.54) is 18.6 Å². The summed E-state index contributed by atoms with van der Waals surface area (Å²) in [4.78, 5) is 28.2. The van der Waals surface area contributed by atoms with Gasteiger partial charge in [-0.3, -0.25) is 9.20 Å². The molecular weight excluding hydrogens is 366 g/mol. The zero-order valence-electron chi connectivity index (χ0n) is 15.5. The fourth-order valence-corrected chi connectivity index (χ4v) is 3.74. The first kappa shape index (κ1) is 19.4. The van der Waals surface area contributed by atoms with Crippen LogP contribution < -0.4 is 5.32 Å². The van der Waals surface area contributed by atoms with Crippen molar-refractivity contribution in [3.05, 3.63) is 41.3 Å². The normalized spacial score (nSPS) is 22.9. The molecule has 1 N–H and O–H groups in total. The van der Waals surface area contributed by atoms with Crippen LogP contribution in [0.4, 0.5) is 0 Å². The SMILES string of the molecule is C[C@H]1[C@@H](NC(=O)COC(=O)/C=C/c2c(Cl)nc3ccccn23)CCC[C@@H]1C. The number of carbonyl (C=O) groups is 2. The van der Waals surface area contributed by atoms with Crippen molar-refractivity contribution in [1.29, 1.82) is 0 Å². The maximum Gasteiger partial charge on any atom is 0.331 e. The minimum atomic E-state index is -0.600. The van der Waals surface area contributed by atoms with Crippen molar-refractivity contribution in [1.82, 2.24) is 14.7 Å². The molecule has 1 aliphatic carbocycles. The smallest absolute Gasteiger partial charge is 0.331 e. The van der Waals surface area contributed by atoms with Crippen LogP contribution in [-0.4, -0.2) is 33.9 Å². The molecule has 7 heteroatoms. The molecule has 0 bridgehead atoms. The number of ether oxygens (including phenoxy) is 1. The summed E-state index contributed by atoms with van der Waals surface area (Å²) in [6.45, 7) is 4.07. The van der Waals surface area contributed by atoms with Crippen molar-refractivity contribution in [2.24, 2.45) is 11.8 Å². The molecule has 3 atom stereocenters. The Morgan fingerprint density at radius 2 is 2.19 bits per heavy atom. The Bertz CT molecular complexity index is 861. The summed E-state index contributed by atoms with van der Waals surface area (Å²) in [5, 5.41) is 3.28. The summed E-state index contributed by atoms with van der Waals surface area (Å²) in [7, 11) is 0. The largest absolute Gasteiger partial charge is 0.452 e. The molecule has 2 heterocycles. The van der Waals surface area contributed by atoms with Gasteiger partial charge >= 0.3 is 5.97 Å². The summed E-state index contributed by atoms with van der Waals surface area (Å²) in [6.07, 6.45) is 7.86. The number of nitrogens with zero attached hydrogens (tertiary/aromatic N) is 2. The van der Waals surface area contributed by atoms with Gasteiger partial charge in [-0.05, 0) is 36.5 Å². The van der Waals surface area contributed by atoms with Gasteiger partial charge in [-0.15, -0.1) is 0 Å². The number of aromatic nitrogens is 2. The molecule has 1 amide bonds. The molecule has 0 aliphatic heterocycles. The van der Waals surface area contributed by atoms with Crippen molar-refractivity contribution in [2.45, 2.75) is 39.2 Å². The van der Waals surface area contributed by atoms with Crippen LogP contribution in [-0.2, 0) is 14.3 Å². The van der Waals surface area contributed by atoms with Gasteiger partial charge in [0.05, 0.1) is 5.69 Å². The van der Waals surface area contributed by atoms with E-state index >= 15 is 0 Å². The van der Waals surface area contributed by atoms with Crippen molar-refractivity contribution in [2.75, 3.05) is 6.61 Å². The van der Waals surface area contributed by atoms with Crippen LogP contribution in [0.2, 0.25) is 5.15 Å². The van der Waals surface area contributed by atoms with E-state index in [2.05, 4.69) is 24.1 Å². The molecule has 0 radical (unpaired) electrons. The number of carbonyl (C=O) groups excluding carboxylic acids is 2. The zero-order valence-corrected chi connectivity index (χ0v) is 16.3. The number of halogens is 1. The maximum atomic E-state index is 12.1. The molecule has 27 heavy (non-hydrogen) atoms. The summed E-state index contributed by atoms with van der Waals surface area (Å²) in [6, 6.07) is 5.66. The summed E-state index contributed by atoms with van der Waals surface area (Å²) in [5.41, 5.74) is 1.27. The third-order valence-electron chi connectivity index (χ3n) is 5.30. The second-order valence-electron chi connectivity index (χ2n) is 7.10. The van der Waals surface area contributed by atoms with Crippen LogP contribution >= 0.6 is 11.6 Å². The molecule has 6 nitrogen and oxygen atoms in total. The Balaban J connectivity index is 1.52. The van der Waals surface area contributed by atoms with Crippen molar-refractivity contribution in [3.8, 4) is 0 Å². The lowest BCUT2D eigenvalue weighted by molar-refractivity contribution is -0.144. The number of amides is 1. The van der Waals surface area contributed by atoms with Crippen molar-refractivity contribution in [3.63, 3.8) is 0 Å². The predicted molar refractivity (Wildman–Crippen MR) is 104 cm³/mol. The standard InChI is InChI=1S/C20H24ClN3O3/c1-13-6-5-7-15(14(13)2)22-18(25)12-27-19(26)10-9-16-20(21)23-17-8-3-4-11-24(16)17/h3-4,8-11,13-15H,5-7,12H2,1-2H3,(H,22,25)/b10-9+/t13-,14+,15-/m0/s1. The van der Waals surface area contributed by atoms with E-state index in [1.54, 1.807) is 10.6 Å². The average Bonchev–Trinajstić information content (AvgIpc) is 2.97. The maximum absolute atomic E-state index is 12.1. The highest BCUT2D eigenvalue weighted by Crippen LogP contribution is 2.29. The molecule has 0 spiro atoms. The highest BCUT2D eigenvalue weighted by molar-refractivity contribution is 6.31. The minimum Gasteiger partial charge on any atom is -0.452 e. The van der Waals surface area contributed by atoms with Crippen LogP contribution in [0.1, 0.15) is 38.8 Å². The fraction of sp³-hybridized carbons (Fsp3) is 0.450. The second-order valence-corrected chi connectivity index (χ2v) is 7.46. The van der Waals surface area contributed by atoms with E-state index in [-0.39, 0.29) is 18.6 Å². The molecule has 0 unspecified atom stereocenters. The Morgan fingerprint density at radius 3 is 3.00 bits per heavy atom. The lowest BCUT2D eigenvalue weighted by Gasteiger charge is -2.34. The van der Waals surface area contributed by atoms with Crippen LogP contribution in [0.25, 0.3) is 11.7 Å². The first-order chi connectivity index (χ1) is 13.0. The van der Waals surface area contributed by atoms with Gasteiger partial charge in [0.1, 0.15) is 5.65 Å². The van der Waals surface area contributed by atoms with Crippen molar-refractivity contribution >= 4 is 35.2 Å². The van der Waals surface area contributed by atoms with Gasteiger partial charge in [-0.1, -0.05) is 44.4 Å². The highest BCUT2D eigenvalue weighted by atomic mass is 35.5. The Kier molecular flexibility index (Phi) is 6.16. The average molecular weight is 390 g/mol. The summed E-state index contributed by atoms with van der Waals surface area (Å²) < 4.78 is 6.82. The highest BCUT2D eigenvalue weighted by Gasteiger charge is 2.28. The van der Waals surface area contributed by atoms with E-state index in [4.69, 9.17) is 16.3 Å². The predicted octanol–water partition coefficient (Wildman–Crippen LogP) is 3.49. The van der Waals surface area contributed by atoms with Gasteiger partial charge < -0.3 is 10.1 Å². The number of rotatable bonds is 5. The summed E-state index contributed by atoms with van der Waals surface area (Å²) in [5.74, 6) is 0.146. The zero-order chi connectivity index (χ0) is 19.4. The molecule has 2 aromatic heterocycles. The number of imidazole rings is 1. The third kappa shape index (κ3) is 4.69. The van der Waals surface area contributed by atoms with Gasteiger partial charge in [0, 0.05) is 18.3 Å². The van der Waals surface area contributed by atoms with Crippen molar-refractivity contribution < 1.29 is 14.3 Å². The number of fused-ring (bicyclic) bond motifs is 1. The van der Waals surface area contributed by atoms with Gasteiger partial charge in [-0.2, -0.15) is 0 Å². The summed E-state index contributed by atoms with van der Waals surface area (Å²) >= 11 is 6.11. The molecule has 0 aromatic carbocycles. The number of pyridine rings is 1. The number of hydrogen-bond acceptors (Lipinski definition) is 4. The monoisotopic (exact) mass is 389 g/mol. The van der Waals surface area contributed by atoms with Gasteiger partial charge in [0.2, 0.25) is 0 Å². The fourth-order valence-electron chi connectivity index (χ4n) is 3.50. The Labute approximate surface area is 163 Å². The van der Waals surface area contributed by atoms with E-state index in [0.717, 1.165) is 12.8 Å². The Hall–Kier alpha value is -2.34. The molecule has 1 fully saturated rings. The molecule has 144 valence electrons. The molecule has 1 aliphatic rings. The van der Waals surface area contributed by atoms with Crippen LogP contribution in [0, 0.1) is 11.8 Å². The first-order valence-electron chi connectivity index (χ1n) is 9.22. The molecule has 0 saturated heterocycles. The minimum absolute atomic E-state index is 0.146. The quantitative estimate of drug-likeness (QED) is 0.627. The molecule has 1 saturated carbocycles. The van der Waals surface area contributed by atoms with E-state index in [9.17, 15) is 9.59 Å². The Morgan fingerprint density at radius 1 is 1.37 bits per heavy atom. The van der Waals surface area contributed by atoms with Gasteiger partial charge in [-0.25, -0.2) is 9.78 Å². The topological polar surface area (TPSA) is 72.7 Å². The van der Waals surface area contributed by atoms with Gasteiger partial charge in [0.25, 0.3) is 5.91 Å². The van der Waals surface area contributed by atoms with Crippen LogP contribution in [0.3, 0.4) is 0 Å². The molecular formula is C20H24ClN3O3. The second kappa shape index (κ2) is 8.57. The van der Waals surface area contributed by atoms with Crippen LogP contribution in [0.5, 0.6) is 0 Å². The number of esters is 1. The van der Waals surface area contributed by atoms with Crippen LogP contribution in [0.15, 0.2) is 30.5 Å². The van der Waals surface area contributed by atoms with E-state index in [0.29, 0.717) is 28.3 Å². The first-order valence-corrected chi connectivity index (χ1v) is 9.60.